The molecule has 1 aliphatic heterocycles. The number of imidazole rings is 1. The molecule has 27 heavy (non-hydrogen) atoms. The van der Waals surface area contributed by atoms with Gasteiger partial charge in [0.2, 0.25) is 0 Å². The first kappa shape index (κ1) is 17.7. The van der Waals surface area contributed by atoms with Crippen LogP contribution in [0.25, 0.3) is 22.5 Å². The van der Waals surface area contributed by atoms with Crippen molar-refractivity contribution in [1.82, 2.24) is 14.5 Å². The molecule has 0 bridgehead atoms. The fourth-order valence-corrected chi connectivity index (χ4v) is 3.66. The number of benzene rings is 1. The molecule has 3 heterocycles. The molecule has 3 aromatic rings. The van der Waals surface area contributed by atoms with E-state index < -0.39 is 0 Å². The maximum Gasteiger partial charge on any atom is 0.126 e. The summed E-state index contributed by atoms with van der Waals surface area (Å²) in [6, 6.07) is 10.4. The third kappa shape index (κ3) is 3.32. The third-order valence-electron chi connectivity index (χ3n) is 4.97. The lowest BCUT2D eigenvalue weighted by Gasteiger charge is -2.16. The summed E-state index contributed by atoms with van der Waals surface area (Å²) < 4.78 is 15.5. The van der Waals surface area contributed by atoms with Gasteiger partial charge in [-0.05, 0) is 49.2 Å². The minimum Gasteiger partial charge on any atom is -0.394 e. The van der Waals surface area contributed by atoms with Gasteiger partial charge < -0.3 is 15.0 Å². The predicted molar refractivity (Wildman–Crippen MR) is 104 cm³/mol. The number of nitrogens with one attached hydrogen (secondary N) is 1. The van der Waals surface area contributed by atoms with Gasteiger partial charge in [-0.2, -0.15) is 0 Å². The van der Waals surface area contributed by atoms with E-state index in [2.05, 4.69) is 21.8 Å². The van der Waals surface area contributed by atoms with Crippen molar-refractivity contribution in [3.63, 3.8) is 0 Å². The largest absolute Gasteiger partial charge is 0.394 e. The Morgan fingerprint density at radius 2 is 2.04 bits per heavy atom. The number of hydrogen-bond acceptors (Lipinski definition) is 4. The molecule has 0 unspecified atom stereocenters. The van der Waals surface area contributed by atoms with Gasteiger partial charge in [0.15, 0.2) is 0 Å². The molecule has 5 nitrogen and oxygen atoms in total. The Kier molecular flexibility index (Phi) is 4.90. The molecule has 6 heteroatoms. The average Bonchev–Trinajstić information content (AvgIpc) is 3.26. The van der Waals surface area contributed by atoms with Gasteiger partial charge in [-0.15, -0.1) is 0 Å². The van der Waals surface area contributed by atoms with Crippen LogP contribution in [0, 0.1) is 5.82 Å². The number of pyridine rings is 1. The van der Waals surface area contributed by atoms with E-state index in [-0.39, 0.29) is 18.5 Å². The lowest BCUT2D eigenvalue weighted by atomic mass is 10.0. The lowest BCUT2D eigenvalue weighted by molar-refractivity contribution is 0.234. The second kappa shape index (κ2) is 7.48. The Labute approximate surface area is 157 Å². The molecule has 2 N–H and O–H groups in total. The normalized spacial score (nSPS) is 15.7. The Bertz CT molecular complexity index is 936. The molecule has 0 saturated heterocycles. The summed E-state index contributed by atoms with van der Waals surface area (Å²) in [4.78, 5) is 9.24. The lowest BCUT2D eigenvalue weighted by Crippen LogP contribution is -2.10. The maximum atomic E-state index is 13.4. The van der Waals surface area contributed by atoms with Crippen LogP contribution in [0.3, 0.4) is 0 Å². The zero-order valence-electron chi connectivity index (χ0n) is 15.3. The summed E-state index contributed by atoms with van der Waals surface area (Å²) in [7, 11) is 0. The van der Waals surface area contributed by atoms with E-state index in [1.165, 1.54) is 12.1 Å². The van der Waals surface area contributed by atoms with Crippen molar-refractivity contribution < 1.29 is 9.50 Å². The van der Waals surface area contributed by atoms with Gasteiger partial charge in [-0.3, -0.25) is 0 Å². The summed E-state index contributed by atoms with van der Waals surface area (Å²) in [5, 5.41) is 13.2. The highest BCUT2D eigenvalue weighted by Crippen LogP contribution is 2.39. The SMILES string of the molecule is CCCNc1cc(-c2c(-c3ccc(F)cc3)nc3n2[C@@H](CO)CC3)ccn1. The van der Waals surface area contributed by atoms with Crippen LogP contribution >= 0.6 is 0 Å². The van der Waals surface area contributed by atoms with Gasteiger partial charge in [0.1, 0.15) is 17.5 Å². The Morgan fingerprint density at radius 1 is 1.22 bits per heavy atom. The Balaban J connectivity index is 1.86. The highest BCUT2D eigenvalue weighted by Gasteiger charge is 2.29. The van der Waals surface area contributed by atoms with E-state index in [0.717, 1.165) is 60.0 Å². The maximum absolute atomic E-state index is 13.4. The number of fused-ring (bicyclic) bond motifs is 1. The minimum atomic E-state index is -0.268. The van der Waals surface area contributed by atoms with Crippen LogP contribution in [0.2, 0.25) is 0 Å². The highest BCUT2D eigenvalue weighted by molar-refractivity contribution is 5.80. The van der Waals surface area contributed by atoms with Crippen LogP contribution < -0.4 is 5.32 Å². The van der Waals surface area contributed by atoms with E-state index in [1.54, 1.807) is 18.3 Å². The van der Waals surface area contributed by atoms with Gasteiger partial charge in [0.05, 0.1) is 24.0 Å². The summed E-state index contributed by atoms with van der Waals surface area (Å²) in [6.07, 6.45) is 4.50. The minimum absolute atomic E-state index is 0.0110. The molecule has 1 atom stereocenters. The van der Waals surface area contributed by atoms with Crippen LogP contribution in [0.4, 0.5) is 10.2 Å². The van der Waals surface area contributed by atoms with Gasteiger partial charge in [0.25, 0.3) is 0 Å². The molecule has 0 radical (unpaired) electrons. The number of aliphatic hydroxyl groups is 1. The van der Waals surface area contributed by atoms with Crippen molar-refractivity contribution in [1.29, 1.82) is 0 Å². The van der Waals surface area contributed by atoms with Crippen molar-refractivity contribution in [2.45, 2.75) is 32.2 Å². The van der Waals surface area contributed by atoms with E-state index in [1.807, 2.05) is 12.1 Å². The van der Waals surface area contributed by atoms with Crippen LogP contribution in [-0.2, 0) is 6.42 Å². The standard InChI is InChI=1S/C21H23FN4O/c1-2-10-23-18-12-15(9-11-24-18)21-20(14-3-5-16(22)6-4-14)25-19-8-7-17(13-27)26(19)21/h3-6,9,11-12,17,27H,2,7-8,10,13H2,1H3,(H,23,24)/t17-/m1/s1. The summed E-state index contributed by atoms with van der Waals surface area (Å²) in [5.74, 6) is 1.51. The Hall–Kier alpha value is -2.73. The molecule has 140 valence electrons. The first-order chi connectivity index (χ1) is 13.2. The van der Waals surface area contributed by atoms with Gasteiger partial charge in [-0.25, -0.2) is 14.4 Å². The van der Waals surface area contributed by atoms with Crippen molar-refractivity contribution in [3.8, 4) is 22.5 Å². The number of hydrogen-bond donors (Lipinski definition) is 2. The zero-order chi connectivity index (χ0) is 18.8. The number of anilines is 1. The first-order valence-corrected chi connectivity index (χ1v) is 9.39. The monoisotopic (exact) mass is 366 g/mol. The number of rotatable bonds is 6. The van der Waals surface area contributed by atoms with Crippen molar-refractivity contribution >= 4 is 5.82 Å². The predicted octanol–water partition coefficient (Wildman–Crippen LogP) is 4.05. The van der Waals surface area contributed by atoms with E-state index in [4.69, 9.17) is 4.98 Å². The molecule has 2 aromatic heterocycles. The van der Waals surface area contributed by atoms with E-state index >= 15 is 0 Å². The number of aryl methyl sites for hydroxylation is 1. The molecule has 0 saturated carbocycles. The van der Waals surface area contributed by atoms with Gasteiger partial charge in [0, 0.05) is 30.3 Å². The average molecular weight is 366 g/mol. The van der Waals surface area contributed by atoms with Crippen molar-refractivity contribution in [2.75, 3.05) is 18.5 Å². The highest BCUT2D eigenvalue weighted by atomic mass is 19.1. The van der Waals surface area contributed by atoms with Crippen molar-refractivity contribution in [3.05, 3.63) is 54.2 Å². The number of aromatic nitrogens is 3. The fourth-order valence-electron chi connectivity index (χ4n) is 3.66. The first-order valence-electron chi connectivity index (χ1n) is 9.39. The second-order valence-corrected chi connectivity index (χ2v) is 6.83. The fraction of sp³-hybridized carbons (Fsp3) is 0.333. The van der Waals surface area contributed by atoms with Crippen LogP contribution in [0.1, 0.15) is 31.6 Å². The molecule has 4 rings (SSSR count). The smallest absolute Gasteiger partial charge is 0.126 e. The molecule has 0 fully saturated rings. The topological polar surface area (TPSA) is 63.0 Å². The number of aliphatic hydroxyl groups excluding tert-OH is 1. The molecular formula is C21H23FN4O. The summed E-state index contributed by atoms with van der Waals surface area (Å²) >= 11 is 0. The molecule has 0 amide bonds. The summed E-state index contributed by atoms with van der Waals surface area (Å²) in [5.41, 5.74) is 3.62. The molecule has 0 aliphatic carbocycles. The molecule has 0 spiro atoms. The van der Waals surface area contributed by atoms with Crippen molar-refractivity contribution in [2.24, 2.45) is 0 Å². The molecular weight excluding hydrogens is 343 g/mol. The second-order valence-electron chi connectivity index (χ2n) is 6.83. The van der Waals surface area contributed by atoms with Crippen LogP contribution in [0.5, 0.6) is 0 Å². The Morgan fingerprint density at radius 3 is 2.78 bits per heavy atom. The third-order valence-corrected chi connectivity index (χ3v) is 4.97. The number of nitrogens with zero attached hydrogens (tertiary/aromatic N) is 3. The molecule has 1 aromatic carbocycles. The zero-order valence-corrected chi connectivity index (χ0v) is 15.3. The van der Waals surface area contributed by atoms with Crippen LogP contribution in [-0.4, -0.2) is 32.8 Å². The quantitative estimate of drug-likeness (QED) is 0.691. The summed E-state index contributed by atoms with van der Waals surface area (Å²) in [6.45, 7) is 3.04. The van der Waals surface area contributed by atoms with E-state index in [0.29, 0.717) is 0 Å². The van der Waals surface area contributed by atoms with Gasteiger partial charge >= 0.3 is 0 Å². The van der Waals surface area contributed by atoms with E-state index in [9.17, 15) is 9.50 Å². The number of halogens is 1. The van der Waals surface area contributed by atoms with Crippen LogP contribution in [0.15, 0.2) is 42.6 Å². The van der Waals surface area contributed by atoms with Gasteiger partial charge in [-0.1, -0.05) is 6.92 Å². The molecule has 1 aliphatic rings.